The van der Waals surface area contributed by atoms with Gasteiger partial charge < -0.3 is 9.84 Å². The molecule has 0 unspecified atom stereocenters. The second-order valence-corrected chi connectivity index (χ2v) is 6.02. The fraction of sp³-hybridized carbons (Fsp3) is 0.400. The van der Waals surface area contributed by atoms with Crippen molar-refractivity contribution >= 4 is 27.5 Å². The van der Waals surface area contributed by atoms with Crippen molar-refractivity contribution in [3.63, 3.8) is 0 Å². The number of aryl methyl sites for hydroxylation is 2. The lowest BCUT2D eigenvalue weighted by molar-refractivity contribution is 0.199. The van der Waals surface area contributed by atoms with E-state index in [1.807, 2.05) is 24.6 Å². The molecule has 0 bridgehead atoms. The molecule has 0 aliphatic carbocycles. The molecular formula is C15H18BrClN2O2. The Hall–Kier alpha value is -1.04. The molecule has 1 heterocycles. The summed E-state index contributed by atoms with van der Waals surface area (Å²) in [5.74, 6) is 0.592. The third-order valence-corrected chi connectivity index (χ3v) is 4.58. The lowest BCUT2D eigenvalue weighted by atomic mass is 10.1. The minimum atomic E-state index is -0.546. The third-order valence-electron chi connectivity index (χ3n) is 3.26. The summed E-state index contributed by atoms with van der Waals surface area (Å²) in [5.41, 5.74) is 2.68. The number of aliphatic hydroxyl groups is 1. The Morgan fingerprint density at radius 1 is 1.48 bits per heavy atom. The van der Waals surface area contributed by atoms with Crippen LogP contribution >= 0.6 is 27.5 Å². The monoisotopic (exact) mass is 372 g/mol. The highest BCUT2D eigenvalue weighted by atomic mass is 79.9. The number of hydrogen-bond donors (Lipinski definition) is 1. The van der Waals surface area contributed by atoms with E-state index in [1.165, 1.54) is 0 Å². The Morgan fingerprint density at radius 3 is 2.76 bits per heavy atom. The van der Waals surface area contributed by atoms with E-state index >= 15 is 0 Å². The molecule has 21 heavy (non-hydrogen) atoms. The fourth-order valence-electron chi connectivity index (χ4n) is 2.05. The van der Waals surface area contributed by atoms with Crippen molar-refractivity contribution in [2.75, 3.05) is 0 Å². The summed E-state index contributed by atoms with van der Waals surface area (Å²) < 4.78 is 8.65. The average Bonchev–Trinajstić information content (AvgIpc) is 2.72. The lowest BCUT2D eigenvalue weighted by Crippen LogP contribution is -2.07. The summed E-state index contributed by atoms with van der Waals surface area (Å²) in [7, 11) is 0. The highest BCUT2D eigenvalue weighted by Gasteiger charge is 2.14. The van der Waals surface area contributed by atoms with Crippen molar-refractivity contribution in [1.29, 1.82) is 0 Å². The second-order valence-electron chi connectivity index (χ2n) is 4.82. The number of halogens is 2. The number of aromatic nitrogens is 2. The number of aliphatic hydroxyl groups excluding tert-OH is 1. The number of hydrogen-bond acceptors (Lipinski definition) is 3. The topological polar surface area (TPSA) is 47.3 Å². The van der Waals surface area contributed by atoms with Crippen LogP contribution in [0.15, 0.2) is 22.7 Å². The Kier molecular flexibility index (Phi) is 5.30. The van der Waals surface area contributed by atoms with Gasteiger partial charge in [-0.1, -0.05) is 17.7 Å². The minimum absolute atomic E-state index is 0.378. The van der Waals surface area contributed by atoms with Crippen LogP contribution in [0.1, 0.15) is 36.9 Å². The number of nitrogens with zero attached hydrogens (tertiary/aromatic N) is 2. The molecule has 1 aromatic carbocycles. The predicted molar refractivity (Wildman–Crippen MR) is 86.8 cm³/mol. The number of ether oxygens (including phenoxy) is 1. The van der Waals surface area contributed by atoms with Crippen molar-refractivity contribution in [2.24, 2.45) is 0 Å². The van der Waals surface area contributed by atoms with Crippen LogP contribution in [0.3, 0.4) is 0 Å². The minimum Gasteiger partial charge on any atom is -0.486 e. The van der Waals surface area contributed by atoms with Gasteiger partial charge in [0, 0.05) is 6.54 Å². The van der Waals surface area contributed by atoms with Gasteiger partial charge in [-0.15, -0.1) is 0 Å². The number of benzene rings is 1. The molecule has 6 heteroatoms. The zero-order valence-electron chi connectivity index (χ0n) is 12.2. The summed E-state index contributed by atoms with van der Waals surface area (Å²) in [6.45, 7) is 6.84. The van der Waals surface area contributed by atoms with Crippen molar-refractivity contribution in [3.8, 4) is 5.75 Å². The molecule has 0 saturated heterocycles. The van der Waals surface area contributed by atoms with Gasteiger partial charge in [-0.3, -0.25) is 4.68 Å². The molecule has 0 saturated carbocycles. The van der Waals surface area contributed by atoms with Gasteiger partial charge in [0.2, 0.25) is 0 Å². The van der Waals surface area contributed by atoms with E-state index in [2.05, 4.69) is 21.0 Å². The third kappa shape index (κ3) is 3.59. The Balaban J connectivity index is 2.17. The van der Waals surface area contributed by atoms with E-state index in [4.69, 9.17) is 16.3 Å². The normalized spacial score (nSPS) is 12.5. The fourth-order valence-corrected chi connectivity index (χ4v) is 2.69. The maximum absolute atomic E-state index is 9.54. The van der Waals surface area contributed by atoms with Crippen molar-refractivity contribution in [2.45, 2.75) is 40.0 Å². The molecule has 0 spiro atoms. The highest BCUT2D eigenvalue weighted by Crippen LogP contribution is 2.29. The van der Waals surface area contributed by atoms with Gasteiger partial charge in [0.25, 0.3) is 0 Å². The zero-order chi connectivity index (χ0) is 15.6. The molecule has 4 nitrogen and oxygen atoms in total. The molecule has 1 aromatic heterocycles. The summed E-state index contributed by atoms with van der Waals surface area (Å²) >= 11 is 9.72. The Morgan fingerprint density at radius 2 is 2.19 bits per heavy atom. The maximum Gasteiger partial charge on any atom is 0.138 e. The van der Waals surface area contributed by atoms with Crippen LogP contribution in [-0.4, -0.2) is 14.9 Å². The Labute approximate surface area is 137 Å². The van der Waals surface area contributed by atoms with Crippen molar-refractivity contribution < 1.29 is 9.84 Å². The molecule has 0 aliphatic heterocycles. The summed E-state index contributed by atoms with van der Waals surface area (Å²) in [6.07, 6.45) is -0.546. The van der Waals surface area contributed by atoms with Gasteiger partial charge in [-0.05, 0) is 54.4 Å². The lowest BCUT2D eigenvalue weighted by Gasteiger charge is -2.12. The van der Waals surface area contributed by atoms with Crippen molar-refractivity contribution in [3.05, 3.63) is 44.6 Å². The molecule has 0 radical (unpaired) electrons. The van der Waals surface area contributed by atoms with Crippen LogP contribution < -0.4 is 4.74 Å². The molecule has 0 aliphatic rings. The second kappa shape index (κ2) is 6.81. The van der Waals surface area contributed by atoms with Gasteiger partial charge in [0.1, 0.15) is 12.4 Å². The van der Waals surface area contributed by atoms with Crippen LogP contribution in [0.25, 0.3) is 0 Å². The van der Waals surface area contributed by atoms with E-state index in [1.54, 1.807) is 19.1 Å². The molecule has 0 fully saturated rings. The van der Waals surface area contributed by atoms with Crippen LogP contribution in [0.2, 0.25) is 5.02 Å². The molecule has 114 valence electrons. The maximum atomic E-state index is 9.54. The number of rotatable bonds is 5. The molecule has 0 amide bonds. The first-order valence-electron chi connectivity index (χ1n) is 6.76. The van der Waals surface area contributed by atoms with Crippen LogP contribution in [-0.2, 0) is 13.2 Å². The van der Waals surface area contributed by atoms with Crippen LogP contribution in [0.5, 0.6) is 5.75 Å². The molecule has 2 aromatic rings. The van der Waals surface area contributed by atoms with Crippen molar-refractivity contribution in [1.82, 2.24) is 9.78 Å². The molecule has 1 atom stereocenters. The molecule has 1 N–H and O–H groups in total. The SMILES string of the molecule is CCn1nc(C)c(Br)c1COc1ccc([C@@H](C)O)cc1Cl. The van der Waals surface area contributed by atoms with E-state index < -0.39 is 6.10 Å². The van der Waals surface area contributed by atoms with E-state index in [0.717, 1.165) is 28.0 Å². The first-order chi connectivity index (χ1) is 9.93. The van der Waals surface area contributed by atoms with Gasteiger partial charge >= 0.3 is 0 Å². The zero-order valence-corrected chi connectivity index (χ0v) is 14.6. The van der Waals surface area contributed by atoms with Gasteiger partial charge in [0.15, 0.2) is 0 Å². The summed E-state index contributed by atoms with van der Waals surface area (Å²) in [5, 5.41) is 14.5. The van der Waals surface area contributed by atoms with E-state index in [9.17, 15) is 5.11 Å². The Bertz CT molecular complexity index is 641. The summed E-state index contributed by atoms with van der Waals surface area (Å²) in [6, 6.07) is 5.31. The van der Waals surface area contributed by atoms with Gasteiger partial charge in [0.05, 0.1) is 27.0 Å². The largest absolute Gasteiger partial charge is 0.486 e. The van der Waals surface area contributed by atoms with Crippen LogP contribution in [0, 0.1) is 6.92 Å². The van der Waals surface area contributed by atoms with Crippen LogP contribution in [0.4, 0.5) is 0 Å². The first-order valence-corrected chi connectivity index (χ1v) is 7.93. The van der Waals surface area contributed by atoms with E-state index in [-0.39, 0.29) is 0 Å². The first kappa shape index (κ1) is 16.3. The molecule has 2 rings (SSSR count). The van der Waals surface area contributed by atoms with Gasteiger partial charge in [-0.25, -0.2) is 0 Å². The predicted octanol–water partition coefficient (Wildman–Crippen LogP) is 4.26. The average molecular weight is 374 g/mol. The van der Waals surface area contributed by atoms with E-state index in [0.29, 0.717) is 17.4 Å². The quantitative estimate of drug-likeness (QED) is 0.852. The standard InChI is InChI=1S/C15H18BrClN2O2/c1-4-19-13(15(16)9(2)18-19)8-21-14-6-5-11(10(3)20)7-12(14)17/h5-7,10,20H,4,8H2,1-3H3/t10-/m1/s1. The smallest absolute Gasteiger partial charge is 0.138 e. The summed E-state index contributed by atoms with van der Waals surface area (Å²) in [4.78, 5) is 0. The highest BCUT2D eigenvalue weighted by molar-refractivity contribution is 9.10. The van der Waals surface area contributed by atoms with Gasteiger partial charge in [-0.2, -0.15) is 5.10 Å². The molecular weight excluding hydrogens is 356 g/mol.